The molecule has 0 aliphatic carbocycles. The lowest BCUT2D eigenvalue weighted by molar-refractivity contribution is -0.134. The third-order valence-electron chi connectivity index (χ3n) is 3.51. The zero-order valence-electron chi connectivity index (χ0n) is 11.3. The highest BCUT2D eigenvalue weighted by molar-refractivity contribution is 8.00. The van der Waals surface area contributed by atoms with Crippen molar-refractivity contribution in [2.75, 3.05) is 13.1 Å². The largest absolute Gasteiger partial charge is 0.391 e. The van der Waals surface area contributed by atoms with Crippen molar-refractivity contribution in [2.24, 2.45) is 5.92 Å². The number of carbonyl (C=O) groups is 1. The first kappa shape index (κ1) is 14.3. The fourth-order valence-corrected chi connectivity index (χ4v) is 3.05. The maximum absolute atomic E-state index is 12.3. The minimum atomic E-state index is -0.398. The average Bonchev–Trinajstić information content (AvgIpc) is 2.42. The van der Waals surface area contributed by atoms with Gasteiger partial charge in [-0.15, -0.1) is 0 Å². The standard InChI is InChI=1S/C14H20N2O2S/c1-10-6-8-16(9-12(10)17)14(18)11(2)19-13-5-3-4-7-15-13/h3-5,7,10-12,17H,6,8-9H2,1-2H3. The molecule has 0 radical (unpaired) electrons. The number of rotatable bonds is 3. The Morgan fingerprint density at radius 1 is 1.58 bits per heavy atom. The molecule has 3 atom stereocenters. The van der Waals surface area contributed by atoms with Crippen LogP contribution in [0.2, 0.25) is 0 Å². The van der Waals surface area contributed by atoms with E-state index in [2.05, 4.69) is 4.98 Å². The van der Waals surface area contributed by atoms with Gasteiger partial charge in [0.15, 0.2) is 0 Å². The number of hydrogen-bond donors (Lipinski definition) is 1. The number of aromatic nitrogens is 1. The Hall–Kier alpha value is -1.07. The Morgan fingerprint density at radius 2 is 2.37 bits per heavy atom. The third kappa shape index (κ3) is 3.70. The number of β-amino-alcohol motifs (C(OH)–C–C–N with tert-alkyl or cyclic N) is 1. The first-order valence-corrected chi connectivity index (χ1v) is 7.50. The molecule has 1 aliphatic heterocycles. The van der Waals surface area contributed by atoms with Gasteiger partial charge < -0.3 is 10.0 Å². The predicted octanol–water partition coefficient (Wildman–Crippen LogP) is 1.79. The quantitative estimate of drug-likeness (QED) is 0.858. The van der Waals surface area contributed by atoms with E-state index in [1.807, 2.05) is 32.0 Å². The molecular weight excluding hydrogens is 260 g/mol. The monoisotopic (exact) mass is 280 g/mol. The van der Waals surface area contributed by atoms with Crippen molar-refractivity contribution in [3.8, 4) is 0 Å². The Balaban J connectivity index is 1.92. The van der Waals surface area contributed by atoms with Gasteiger partial charge >= 0.3 is 0 Å². The summed E-state index contributed by atoms with van der Waals surface area (Å²) in [6.07, 6.45) is 2.20. The lowest BCUT2D eigenvalue weighted by Gasteiger charge is -2.35. The second-order valence-corrected chi connectivity index (χ2v) is 6.41. The van der Waals surface area contributed by atoms with E-state index in [0.717, 1.165) is 18.0 Å². The van der Waals surface area contributed by atoms with Gasteiger partial charge in [-0.05, 0) is 31.4 Å². The lowest BCUT2D eigenvalue weighted by Crippen LogP contribution is -2.48. The van der Waals surface area contributed by atoms with Gasteiger partial charge in [-0.1, -0.05) is 24.8 Å². The topological polar surface area (TPSA) is 53.4 Å². The molecule has 1 N–H and O–H groups in total. The van der Waals surface area contributed by atoms with Crippen molar-refractivity contribution in [2.45, 2.75) is 36.6 Å². The zero-order chi connectivity index (χ0) is 13.8. The van der Waals surface area contributed by atoms with Crippen molar-refractivity contribution in [1.29, 1.82) is 0 Å². The second kappa shape index (κ2) is 6.39. The van der Waals surface area contributed by atoms with Crippen LogP contribution < -0.4 is 0 Å². The Labute approximate surface area is 118 Å². The molecule has 1 aromatic heterocycles. The van der Waals surface area contributed by atoms with Crippen LogP contribution in [-0.4, -0.2) is 45.3 Å². The summed E-state index contributed by atoms with van der Waals surface area (Å²) in [4.78, 5) is 18.3. The zero-order valence-corrected chi connectivity index (χ0v) is 12.1. The normalized spacial score (nSPS) is 25.1. The number of piperidine rings is 1. The number of carbonyl (C=O) groups excluding carboxylic acids is 1. The van der Waals surface area contributed by atoms with Gasteiger partial charge in [0.25, 0.3) is 0 Å². The van der Waals surface area contributed by atoms with Crippen LogP contribution >= 0.6 is 11.8 Å². The molecule has 0 aromatic carbocycles. The van der Waals surface area contributed by atoms with Crippen LogP contribution in [0.15, 0.2) is 29.4 Å². The van der Waals surface area contributed by atoms with Crippen LogP contribution in [0.4, 0.5) is 0 Å². The molecule has 1 aliphatic rings. The molecule has 0 bridgehead atoms. The molecule has 104 valence electrons. The molecule has 1 aromatic rings. The van der Waals surface area contributed by atoms with Crippen molar-refractivity contribution >= 4 is 17.7 Å². The summed E-state index contributed by atoms with van der Waals surface area (Å²) in [7, 11) is 0. The van der Waals surface area contributed by atoms with Crippen molar-refractivity contribution in [1.82, 2.24) is 9.88 Å². The minimum absolute atomic E-state index is 0.0848. The smallest absolute Gasteiger partial charge is 0.235 e. The highest BCUT2D eigenvalue weighted by Gasteiger charge is 2.29. The molecular formula is C14H20N2O2S. The maximum Gasteiger partial charge on any atom is 0.235 e. The van der Waals surface area contributed by atoms with Gasteiger partial charge in [-0.25, -0.2) is 4.98 Å². The van der Waals surface area contributed by atoms with E-state index in [1.165, 1.54) is 11.8 Å². The summed E-state index contributed by atoms with van der Waals surface area (Å²) >= 11 is 1.46. The summed E-state index contributed by atoms with van der Waals surface area (Å²) in [5, 5.41) is 10.5. The molecule has 1 saturated heterocycles. The molecule has 0 spiro atoms. The molecule has 1 amide bonds. The van der Waals surface area contributed by atoms with Crippen LogP contribution in [0.25, 0.3) is 0 Å². The average molecular weight is 280 g/mol. The van der Waals surface area contributed by atoms with E-state index >= 15 is 0 Å². The summed E-state index contributed by atoms with van der Waals surface area (Å²) < 4.78 is 0. The minimum Gasteiger partial charge on any atom is -0.391 e. The van der Waals surface area contributed by atoms with E-state index in [9.17, 15) is 9.90 Å². The van der Waals surface area contributed by atoms with Crippen molar-refractivity contribution in [3.05, 3.63) is 24.4 Å². The van der Waals surface area contributed by atoms with Crippen LogP contribution in [0.5, 0.6) is 0 Å². The predicted molar refractivity (Wildman–Crippen MR) is 75.9 cm³/mol. The fraction of sp³-hybridized carbons (Fsp3) is 0.571. The fourth-order valence-electron chi connectivity index (χ4n) is 2.15. The van der Waals surface area contributed by atoms with Crippen LogP contribution in [0.1, 0.15) is 20.3 Å². The van der Waals surface area contributed by atoms with E-state index in [-0.39, 0.29) is 17.1 Å². The number of nitrogens with zero attached hydrogens (tertiary/aromatic N) is 2. The van der Waals surface area contributed by atoms with Crippen molar-refractivity contribution in [3.63, 3.8) is 0 Å². The Morgan fingerprint density at radius 3 is 3.00 bits per heavy atom. The Bertz CT molecular complexity index is 427. The number of aliphatic hydroxyl groups excluding tert-OH is 1. The summed E-state index contributed by atoms with van der Waals surface area (Å²) in [6.45, 7) is 5.11. The molecule has 2 rings (SSSR count). The van der Waals surface area contributed by atoms with Gasteiger partial charge in [0.2, 0.25) is 5.91 Å². The van der Waals surface area contributed by atoms with Gasteiger partial charge in [-0.2, -0.15) is 0 Å². The number of pyridine rings is 1. The molecule has 1 fully saturated rings. The number of aliphatic hydroxyl groups is 1. The lowest BCUT2D eigenvalue weighted by atomic mass is 9.96. The number of thioether (sulfide) groups is 1. The molecule has 0 saturated carbocycles. The summed E-state index contributed by atoms with van der Waals surface area (Å²) in [6, 6.07) is 5.68. The summed E-state index contributed by atoms with van der Waals surface area (Å²) in [5.41, 5.74) is 0. The van der Waals surface area contributed by atoms with E-state index in [1.54, 1.807) is 11.1 Å². The van der Waals surface area contributed by atoms with Crippen LogP contribution in [-0.2, 0) is 4.79 Å². The van der Waals surface area contributed by atoms with Crippen molar-refractivity contribution < 1.29 is 9.90 Å². The second-order valence-electron chi connectivity index (χ2n) is 5.05. The maximum atomic E-state index is 12.3. The van der Waals surface area contributed by atoms with Crippen LogP contribution in [0, 0.1) is 5.92 Å². The number of amides is 1. The first-order chi connectivity index (χ1) is 9.08. The van der Waals surface area contributed by atoms with Gasteiger partial charge in [0.05, 0.1) is 16.4 Å². The van der Waals surface area contributed by atoms with Gasteiger partial charge in [0, 0.05) is 19.3 Å². The molecule has 2 heterocycles. The molecule has 5 heteroatoms. The van der Waals surface area contributed by atoms with E-state index in [0.29, 0.717) is 6.54 Å². The summed E-state index contributed by atoms with van der Waals surface area (Å²) in [5.74, 6) is 0.365. The molecule has 4 nitrogen and oxygen atoms in total. The molecule has 19 heavy (non-hydrogen) atoms. The van der Waals surface area contributed by atoms with Crippen LogP contribution in [0.3, 0.4) is 0 Å². The SMILES string of the molecule is CC(Sc1ccccn1)C(=O)N1CCC(C)C(O)C1. The molecule has 3 unspecified atom stereocenters. The highest BCUT2D eigenvalue weighted by atomic mass is 32.2. The van der Waals surface area contributed by atoms with E-state index < -0.39 is 6.10 Å². The van der Waals surface area contributed by atoms with E-state index in [4.69, 9.17) is 0 Å². The highest BCUT2D eigenvalue weighted by Crippen LogP contribution is 2.24. The number of hydrogen-bond acceptors (Lipinski definition) is 4. The first-order valence-electron chi connectivity index (χ1n) is 6.62. The van der Waals surface area contributed by atoms with Gasteiger partial charge in [0.1, 0.15) is 0 Å². The Kier molecular flexibility index (Phi) is 4.82. The number of likely N-dealkylation sites (tertiary alicyclic amines) is 1. The third-order valence-corrected chi connectivity index (χ3v) is 4.55. The van der Waals surface area contributed by atoms with Gasteiger partial charge in [-0.3, -0.25) is 4.79 Å².